The molecule has 0 aliphatic carbocycles. The van der Waals surface area contributed by atoms with Crippen LogP contribution < -0.4 is 10.2 Å². The number of anilines is 1. The molecular formula is C26H26FN5O2. The van der Waals surface area contributed by atoms with Crippen molar-refractivity contribution >= 4 is 22.8 Å². The lowest BCUT2D eigenvalue weighted by molar-refractivity contribution is -0.125. The van der Waals surface area contributed by atoms with Gasteiger partial charge in [-0.25, -0.2) is 9.37 Å². The number of fused-ring (bicyclic) bond motifs is 1. The number of amides is 1. The van der Waals surface area contributed by atoms with Gasteiger partial charge in [0.25, 0.3) is 5.71 Å². The number of carbonyl (C=O) groups excluding carboxylic acids is 1. The van der Waals surface area contributed by atoms with E-state index in [1.807, 2.05) is 0 Å². The van der Waals surface area contributed by atoms with Gasteiger partial charge < -0.3 is 14.7 Å². The van der Waals surface area contributed by atoms with E-state index in [1.165, 1.54) is 24.0 Å². The lowest BCUT2D eigenvalue weighted by Crippen LogP contribution is -2.43. The van der Waals surface area contributed by atoms with E-state index in [1.54, 1.807) is 12.1 Å². The van der Waals surface area contributed by atoms with Crippen molar-refractivity contribution in [1.29, 1.82) is 0 Å². The smallest absolute Gasteiger partial charge is 0.263 e. The standard InChI is InChI=1S/C26H26FN5O2/c1-2-17-5-7-18(8-6-17)14-28-25(33)20-4-3-13-32(15-20)24-22-23(19-9-11-21(27)12-10-19)31-34-26(22)30-16-29-24/h5-12,16,20H,2-4,13-15H2,1H3,(H,28,33)/t20-/m1/s1. The highest BCUT2D eigenvalue weighted by Gasteiger charge is 2.29. The minimum atomic E-state index is -0.320. The molecule has 1 aliphatic rings. The monoisotopic (exact) mass is 459 g/mol. The number of piperidine rings is 1. The van der Waals surface area contributed by atoms with Crippen LogP contribution in [0.2, 0.25) is 0 Å². The van der Waals surface area contributed by atoms with Crippen LogP contribution in [0.3, 0.4) is 0 Å². The molecule has 0 spiro atoms. The van der Waals surface area contributed by atoms with Crippen molar-refractivity contribution in [3.63, 3.8) is 0 Å². The fraction of sp³-hybridized carbons (Fsp3) is 0.308. The molecule has 0 radical (unpaired) electrons. The molecule has 7 nitrogen and oxygen atoms in total. The van der Waals surface area contributed by atoms with Gasteiger partial charge in [-0.1, -0.05) is 36.3 Å². The summed E-state index contributed by atoms with van der Waals surface area (Å²) in [5.74, 6) is 0.249. The summed E-state index contributed by atoms with van der Waals surface area (Å²) in [7, 11) is 0. The second-order valence-corrected chi connectivity index (χ2v) is 8.59. The van der Waals surface area contributed by atoms with Crippen molar-refractivity contribution in [2.45, 2.75) is 32.7 Å². The van der Waals surface area contributed by atoms with Crippen molar-refractivity contribution < 1.29 is 13.7 Å². The average Bonchev–Trinajstić information content (AvgIpc) is 3.32. The highest BCUT2D eigenvalue weighted by molar-refractivity contribution is 5.98. The fourth-order valence-corrected chi connectivity index (χ4v) is 4.43. The summed E-state index contributed by atoms with van der Waals surface area (Å²) in [5, 5.41) is 7.93. The Morgan fingerprint density at radius 2 is 1.88 bits per heavy atom. The molecule has 0 unspecified atom stereocenters. The second-order valence-electron chi connectivity index (χ2n) is 8.59. The summed E-state index contributed by atoms with van der Waals surface area (Å²) in [6, 6.07) is 14.4. The van der Waals surface area contributed by atoms with Gasteiger partial charge in [-0.3, -0.25) is 4.79 Å². The molecule has 1 amide bonds. The Kier molecular flexibility index (Phi) is 6.20. The molecule has 3 heterocycles. The molecule has 1 N–H and O–H groups in total. The third-order valence-electron chi connectivity index (χ3n) is 6.36. The van der Waals surface area contributed by atoms with E-state index in [4.69, 9.17) is 4.52 Å². The minimum absolute atomic E-state index is 0.0404. The zero-order chi connectivity index (χ0) is 23.5. The number of nitrogens with one attached hydrogen (secondary N) is 1. The van der Waals surface area contributed by atoms with Gasteiger partial charge in [-0.2, -0.15) is 4.98 Å². The van der Waals surface area contributed by atoms with Crippen LogP contribution in [0.15, 0.2) is 59.4 Å². The first-order chi connectivity index (χ1) is 16.6. The van der Waals surface area contributed by atoms with Gasteiger partial charge in [0.05, 0.1) is 5.92 Å². The van der Waals surface area contributed by atoms with Crippen LogP contribution in [0.4, 0.5) is 10.2 Å². The number of aryl methyl sites for hydroxylation is 1. The molecule has 1 aliphatic heterocycles. The van der Waals surface area contributed by atoms with Crippen LogP contribution >= 0.6 is 0 Å². The second kappa shape index (κ2) is 9.59. The molecule has 2 aromatic heterocycles. The Bertz CT molecular complexity index is 1290. The Labute approximate surface area is 197 Å². The quantitative estimate of drug-likeness (QED) is 0.456. The zero-order valence-electron chi connectivity index (χ0n) is 19.0. The summed E-state index contributed by atoms with van der Waals surface area (Å²) in [6.45, 7) is 3.94. The van der Waals surface area contributed by atoms with Gasteiger partial charge in [0, 0.05) is 25.2 Å². The number of halogens is 1. The molecule has 4 aromatic rings. The average molecular weight is 460 g/mol. The number of benzene rings is 2. The maximum atomic E-state index is 13.4. The van der Waals surface area contributed by atoms with E-state index in [0.717, 1.165) is 36.9 Å². The molecule has 2 aromatic carbocycles. The van der Waals surface area contributed by atoms with Crippen LogP contribution in [0, 0.1) is 11.7 Å². The molecule has 5 rings (SSSR count). The number of rotatable bonds is 6. The van der Waals surface area contributed by atoms with Gasteiger partial charge in [0.1, 0.15) is 29.0 Å². The summed E-state index contributed by atoms with van der Waals surface area (Å²) < 4.78 is 18.9. The Morgan fingerprint density at radius 3 is 2.65 bits per heavy atom. The first-order valence-electron chi connectivity index (χ1n) is 11.6. The zero-order valence-corrected chi connectivity index (χ0v) is 19.0. The van der Waals surface area contributed by atoms with Crippen molar-refractivity contribution in [3.8, 4) is 11.3 Å². The van der Waals surface area contributed by atoms with E-state index in [9.17, 15) is 9.18 Å². The summed E-state index contributed by atoms with van der Waals surface area (Å²) in [6.07, 6.45) is 4.13. The number of nitrogens with zero attached hydrogens (tertiary/aromatic N) is 4. The molecular weight excluding hydrogens is 433 g/mol. The van der Waals surface area contributed by atoms with E-state index in [-0.39, 0.29) is 17.6 Å². The molecule has 34 heavy (non-hydrogen) atoms. The van der Waals surface area contributed by atoms with E-state index < -0.39 is 0 Å². The summed E-state index contributed by atoms with van der Waals surface area (Å²) >= 11 is 0. The van der Waals surface area contributed by atoms with Crippen LogP contribution in [0.5, 0.6) is 0 Å². The molecule has 8 heteroatoms. The first-order valence-corrected chi connectivity index (χ1v) is 11.6. The molecule has 0 bridgehead atoms. The van der Waals surface area contributed by atoms with Gasteiger partial charge in [-0.15, -0.1) is 0 Å². The SMILES string of the molecule is CCc1ccc(CNC(=O)[C@@H]2CCCN(c3ncnc4onc(-c5ccc(F)cc5)c34)C2)cc1. The number of hydrogen-bond donors (Lipinski definition) is 1. The molecule has 1 atom stereocenters. The molecule has 1 saturated heterocycles. The van der Waals surface area contributed by atoms with E-state index in [0.29, 0.717) is 35.7 Å². The van der Waals surface area contributed by atoms with Crippen molar-refractivity contribution in [2.75, 3.05) is 18.0 Å². The van der Waals surface area contributed by atoms with Gasteiger partial charge in [0.2, 0.25) is 5.91 Å². The van der Waals surface area contributed by atoms with Gasteiger partial charge in [0.15, 0.2) is 0 Å². The Hall–Kier alpha value is -3.81. The van der Waals surface area contributed by atoms with Crippen molar-refractivity contribution in [1.82, 2.24) is 20.4 Å². The molecule has 174 valence electrons. The maximum absolute atomic E-state index is 13.4. The van der Waals surface area contributed by atoms with Gasteiger partial charge >= 0.3 is 0 Å². The van der Waals surface area contributed by atoms with E-state index in [2.05, 4.69) is 56.5 Å². The summed E-state index contributed by atoms with van der Waals surface area (Å²) in [4.78, 5) is 23.8. The van der Waals surface area contributed by atoms with E-state index >= 15 is 0 Å². The lowest BCUT2D eigenvalue weighted by Gasteiger charge is -2.33. The highest BCUT2D eigenvalue weighted by Crippen LogP contribution is 2.34. The first kappa shape index (κ1) is 22.0. The topological polar surface area (TPSA) is 84.2 Å². The van der Waals surface area contributed by atoms with Crippen molar-refractivity contribution in [3.05, 3.63) is 71.8 Å². The number of carbonyl (C=O) groups is 1. The Morgan fingerprint density at radius 1 is 1.12 bits per heavy atom. The fourth-order valence-electron chi connectivity index (χ4n) is 4.43. The normalized spacial score (nSPS) is 16.1. The van der Waals surface area contributed by atoms with Gasteiger partial charge in [-0.05, 0) is 54.7 Å². The number of hydrogen-bond acceptors (Lipinski definition) is 6. The third kappa shape index (κ3) is 4.48. The van der Waals surface area contributed by atoms with Crippen LogP contribution in [0.25, 0.3) is 22.4 Å². The Balaban J connectivity index is 1.34. The van der Waals surface area contributed by atoms with Crippen LogP contribution in [-0.2, 0) is 17.8 Å². The minimum Gasteiger partial charge on any atom is -0.355 e. The predicted molar refractivity (Wildman–Crippen MR) is 128 cm³/mol. The molecule has 1 fully saturated rings. The largest absolute Gasteiger partial charge is 0.355 e. The third-order valence-corrected chi connectivity index (χ3v) is 6.36. The summed E-state index contributed by atoms with van der Waals surface area (Å²) in [5.41, 5.74) is 4.02. The number of aromatic nitrogens is 3. The van der Waals surface area contributed by atoms with Crippen molar-refractivity contribution in [2.24, 2.45) is 5.92 Å². The van der Waals surface area contributed by atoms with Crippen LogP contribution in [-0.4, -0.2) is 34.1 Å². The highest BCUT2D eigenvalue weighted by atomic mass is 19.1. The van der Waals surface area contributed by atoms with Crippen LogP contribution in [0.1, 0.15) is 30.9 Å². The predicted octanol–water partition coefficient (Wildman–Crippen LogP) is 4.52. The maximum Gasteiger partial charge on any atom is 0.263 e. The molecule has 0 saturated carbocycles. The lowest BCUT2D eigenvalue weighted by atomic mass is 9.96.